The quantitative estimate of drug-likeness (QED) is 0.794. The molecule has 0 unspecified atom stereocenters. The molecular weight excluding hydrogens is 326 g/mol. The van der Waals surface area contributed by atoms with E-state index in [1.807, 2.05) is 0 Å². The highest BCUT2D eigenvalue weighted by Gasteiger charge is 2.74. The third-order valence-electron chi connectivity index (χ3n) is 4.27. The monoisotopic (exact) mass is 345 g/mol. The molecule has 1 aromatic rings. The van der Waals surface area contributed by atoms with Gasteiger partial charge in [-0.05, 0) is 24.6 Å². The summed E-state index contributed by atoms with van der Waals surface area (Å²) in [4.78, 5) is 12.4. The van der Waals surface area contributed by atoms with Crippen LogP contribution in [-0.2, 0) is 19.4 Å². The summed E-state index contributed by atoms with van der Waals surface area (Å²) < 4.78 is 29.9. The molecule has 3 atom stereocenters. The zero-order chi connectivity index (χ0) is 16.5. The van der Waals surface area contributed by atoms with Crippen molar-refractivity contribution in [3.8, 4) is 0 Å². The minimum Gasteiger partial charge on any atom is -0.465 e. The minimum absolute atomic E-state index is 0.0388. The average Bonchev–Trinajstić information content (AvgIpc) is 3.20. The predicted octanol–water partition coefficient (Wildman–Crippen LogP) is 1.75. The van der Waals surface area contributed by atoms with Gasteiger partial charge in [0.1, 0.15) is 5.41 Å². The fourth-order valence-electron chi connectivity index (χ4n) is 3.09. The summed E-state index contributed by atoms with van der Waals surface area (Å²) in [5, 5.41) is -0.288. The molecule has 0 radical (unpaired) electrons. The number of sulfone groups is 1. The number of halogens is 1. The Balaban J connectivity index is 2.49. The molecule has 0 aromatic heterocycles. The van der Waals surface area contributed by atoms with Crippen molar-refractivity contribution in [2.45, 2.75) is 25.0 Å². The van der Waals surface area contributed by atoms with Crippen LogP contribution in [0.5, 0.6) is 0 Å². The second-order valence-electron chi connectivity index (χ2n) is 5.37. The molecule has 2 rings (SSSR count). The van der Waals surface area contributed by atoms with E-state index in [1.54, 1.807) is 38.1 Å². The Labute approximate surface area is 135 Å². The van der Waals surface area contributed by atoms with E-state index < -0.39 is 32.4 Å². The molecule has 0 spiro atoms. The maximum Gasteiger partial charge on any atom is 0.315 e. The standard InChI is InChI=1S/C15H20ClNO4S/c1-3-21-14(18)15(9-17)12(13(15)22(19,20)4-2)10-5-7-11(16)8-6-10/h5-8,12-13H,3-4,9,17H2,1-2H3/t12-,13-,15-/m1/s1. The van der Waals surface area contributed by atoms with Crippen LogP contribution in [-0.4, -0.2) is 38.5 Å². The molecule has 5 nitrogen and oxygen atoms in total. The van der Waals surface area contributed by atoms with Crippen molar-refractivity contribution in [1.82, 2.24) is 0 Å². The fraction of sp³-hybridized carbons (Fsp3) is 0.533. The molecule has 1 aromatic carbocycles. The lowest BCUT2D eigenvalue weighted by Crippen LogP contribution is -2.34. The highest BCUT2D eigenvalue weighted by atomic mass is 35.5. The summed E-state index contributed by atoms with van der Waals surface area (Å²) in [6.07, 6.45) is 0. The lowest BCUT2D eigenvalue weighted by atomic mass is 9.99. The Hall–Kier alpha value is -1.11. The van der Waals surface area contributed by atoms with Gasteiger partial charge in [0.05, 0.1) is 11.9 Å². The van der Waals surface area contributed by atoms with Gasteiger partial charge < -0.3 is 10.5 Å². The highest BCUT2D eigenvalue weighted by Crippen LogP contribution is 2.63. The van der Waals surface area contributed by atoms with Crippen LogP contribution in [0, 0.1) is 5.41 Å². The first-order valence-corrected chi connectivity index (χ1v) is 9.28. The van der Waals surface area contributed by atoms with Crippen LogP contribution in [0.1, 0.15) is 25.3 Å². The van der Waals surface area contributed by atoms with Crippen molar-refractivity contribution < 1.29 is 17.9 Å². The van der Waals surface area contributed by atoms with Crippen molar-refractivity contribution in [2.24, 2.45) is 11.1 Å². The molecule has 1 aliphatic rings. The molecule has 0 aliphatic heterocycles. The maximum absolute atomic E-state index is 12.4. The van der Waals surface area contributed by atoms with Gasteiger partial charge in [-0.15, -0.1) is 0 Å². The van der Waals surface area contributed by atoms with Crippen LogP contribution in [0.4, 0.5) is 0 Å². The Morgan fingerprint density at radius 1 is 1.32 bits per heavy atom. The molecule has 7 heteroatoms. The van der Waals surface area contributed by atoms with Crippen LogP contribution >= 0.6 is 11.6 Å². The zero-order valence-electron chi connectivity index (χ0n) is 12.6. The van der Waals surface area contributed by atoms with Gasteiger partial charge in [-0.3, -0.25) is 4.79 Å². The van der Waals surface area contributed by atoms with E-state index in [0.29, 0.717) is 5.02 Å². The van der Waals surface area contributed by atoms with Crippen LogP contribution in [0.15, 0.2) is 24.3 Å². The van der Waals surface area contributed by atoms with Crippen molar-refractivity contribution >= 4 is 27.4 Å². The first-order valence-electron chi connectivity index (χ1n) is 7.19. The van der Waals surface area contributed by atoms with Crippen LogP contribution in [0.25, 0.3) is 0 Å². The largest absolute Gasteiger partial charge is 0.465 e. The minimum atomic E-state index is -3.43. The number of rotatable bonds is 6. The van der Waals surface area contributed by atoms with Crippen LogP contribution in [0.2, 0.25) is 5.02 Å². The van der Waals surface area contributed by atoms with E-state index in [4.69, 9.17) is 22.1 Å². The van der Waals surface area contributed by atoms with E-state index in [-0.39, 0.29) is 18.9 Å². The van der Waals surface area contributed by atoms with Gasteiger partial charge in [0, 0.05) is 23.2 Å². The summed E-state index contributed by atoms with van der Waals surface area (Å²) in [6, 6.07) is 6.83. The summed E-state index contributed by atoms with van der Waals surface area (Å²) in [7, 11) is -3.43. The number of hydrogen-bond donors (Lipinski definition) is 1. The normalized spacial score (nSPS) is 27.5. The number of hydrogen-bond acceptors (Lipinski definition) is 5. The molecule has 1 saturated carbocycles. The van der Waals surface area contributed by atoms with Gasteiger partial charge in [-0.25, -0.2) is 8.42 Å². The number of carbonyl (C=O) groups excluding carboxylic acids is 1. The van der Waals surface area contributed by atoms with Crippen LogP contribution < -0.4 is 5.73 Å². The van der Waals surface area contributed by atoms with Gasteiger partial charge in [0.15, 0.2) is 9.84 Å². The number of nitrogens with two attached hydrogens (primary N) is 1. The van der Waals surface area contributed by atoms with E-state index in [1.165, 1.54) is 0 Å². The van der Waals surface area contributed by atoms with Crippen molar-refractivity contribution in [3.05, 3.63) is 34.9 Å². The Morgan fingerprint density at radius 3 is 2.36 bits per heavy atom. The molecule has 0 heterocycles. The molecule has 1 fully saturated rings. The van der Waals surface area contributed by atoms with Gasteiger partial charge in [0.2, 0.25) is 0 Å². The van der Waals surface area contributed by atoms with Crippen molar-refractivity contribution in [3.63, 3.8) is 0 Å². The van der Waals surface area contributed by atoms with E-state index in [2.05, 4.69) is 0 Å². The number of ether oxygens (including phenoxy) is 1. The lowest BCUT2D eigenvalue weighted by molar-refractivity contribution is -0.149. The Morgan fingerprint density at radius 2 is 1.91 bits per heavy atom. The molecular formula is C15H20ClNO4S. The Kier molecular flexibility index (Phi) is 4.84. The lowest BCUT2D eigenvalue weighted by Gasteiger charge is -2.14. The number of benzene rings is 1. The molecule has 0 bridgehead atoms. The summed E-state index contributed by atoms with van der Waals surface area (Å²) in [5.74, 6) is -1.07. The maximum atomic E-state index is 12.4. The molecule has 22 heavy (non-hydrogen) atoms. The molecule has 0 amide bonds. The predicted molar refractivity (Wildman–Crippen MR) is 85.6 cm³/mol. The fourth-order valence-corrected chi connectivity index (χ4v) is 5.29. The third kappa shape index (κ3) is 2.64. The molecule has 2 N–H and O–H groups in total. The first-order chi connectivity index (χ1) is 10.3. The smallest absolute Gasteiger partial charge is 0.315 e. The second kappa shape index (κ2) is 6.18. The van der Waals surface area contributed by atoms with Crippen LogP contribution in [0.3, 0.4) is 0 Å². The van der Waals surface area contributed by atoms with Gasteiger partial charge in [-0.2, -0.15) is 0 Å². The zero-order valence-corrected chi connectivity index (χ0v) is 14.2. The second-order valence-corrected chi connectivity index (χ2v) is 8.21. The Bertz CT molecular complexity index is 659. The average molecular weight is 346 g/mol. The van der Waals surface area contributed by atoms with E-state index in [0.717, 1.165) is 5.56 Å². The highest BCUT2D eigenvalue weighted by molar-refractivity contribution is 7.92. The SMILES string of the molecule is CCOC(=O)[C@]1(CN)[C@H](c2ccc(Cl)cc2)[C@H]1S(=O)(=O)CC. The van der Waals surface area contributed by atoms with Crippen molar-refractivity contribution in [1.29, 1.82) is 0 Å². The third-order valence-corrected chi connectivity index (χ3v) is 6.79. The summed E-state index contributed by atoms with van der Waals surface area (Å²) >= 11 is 5.87. The first kappa shape index (κ1) is 17.2. The molecule has 0 saturated heterocycles. The van der Waals surface area contributed by atoms with E-state index in [9.17, 15) is 13.2 Å². The number of carbonyl (C=O) groups is 1. The topological polar surface area (TPSA) is 86.5 Å². The van der Waals surface area contributed by atoms with Gasteiger partial charge >= 0.3 is 5.97 Å². The number of esters is 1. The van der Waals surface area contributed by atoms with Gasteiger partial charge in [0.25, 0.3) is 0 Å². The molecule has 1 aliphatic carbocycles. The summed E-state index contributed by atoms with van der Waals surface area (Å²) in [6.45, 7) is 3.37. The van der Waals surface area contributed by atoms with Crippen molar-refractivity contribution in [2.75, 3.05) is 18.9 Å². The van der Waals surface area contributed by atoms with Gasteiger partial charge in [-0.1, -0.05) is 30.7 Å². The van der Waals surface area contributed by atoms with E-state index >= 15 is 0 Å². The molecule has 122 valence electrons. The summed E-state index contributed by atoms with van der Waals surface area (Å²) in [5.41, 5.74) is 5.35.